The number of nitriles is 1. The Balaban J connectivity index is 1.43. The van der Waals surface area contributed by atoms with E-state index in [9.17, 15) is 18.5 Å². The zero-order valence-electron chi connectivity index (χ0n) is 42.0. The van der Waals surface area contributed by atoms with Crippen LogP contribution in [-0.4, -0.2) is 86.7 Å². The van der Waals surface area contributed by atoms with E-state index in [1.54, 1.807) is 15.5 Å². The van der Waals surface area contributed by atoms with Gasteiger partial charge in [0.15, 0.2) is 17.6 Å². The molecule has 0 unspecified atom stereocenters. The molecule has 0 spiro atoms. The molecule has 0 aliphatic carbocycles. The number of sulfone groups is 1. The van der Waals surface area contributed by atoms with Gasteiger partial charge in [-0.15, -0.1) is 5.54 Å². The Morgan fingerprint density at radius 1 is 0.926 bits per heavy atom. The molecule has 1 amide bonds. The van der Waals surface area contributed by atoms with Crippen LogP contribution < -0.4 is 9.64 Å². The molecule has 2 aromatic heterocycles. The van der Waals surface area contributed by atoms with E-state index in [0.717, 1.165) is 5.56 Å². The summed E-state index contributed by atoms with van der Waals surface area (Å²) < 4.78 is 65.0. The molecule has 4 heterocycles. The van der Waals surface area contributed by atoms with E-state index in [1.165, 1.54) is 19.5 Å². The topological polar surface area (TPSA) is 140 Å². The van der Waals surface area contributed by atoms with Crippen LogP contribution in [0.4, 0.5) is 15.0 Å². The number of imidazole rings is 1. The zero-order chi connectivity index (χ0) is 49.7. The van der Waals surface area contributed by atoms with Crippen molar-refractivity contribution < 1.29 is 31.8 Å². The van der Waals surface area contributed by atoms with E-state index >= 15 is 4.39 Å². The van der Waals surface area contributed by atoms with E-state index in [4.69, 9.17) is 24.2 Å². The van der Waals surface area contributed by atoms with Crippen LogP contribution in [0, 0.1) is 28.6 Å². The lowest BCUT2D eigenvalue weighted by molar-refractivity contribution is 0.0122. The molecule has 2 aliphatic heterocycles. The summed E-state index contributed by atoms with van der Waals surface area (Å²) in [5, 5.41) is 12.2. The van der Waals surface area contributed by atoms with Crippen molar-refractivity contribution in [2.75, 3.05) is 31.9 Å². The van der Waals surface area contributed by atoms with Gasteiger partial charge in [0.1, 0.15) is 42.4 Å². The van der Waals surface area contributed by atoms with Crippen molar-refractivity contribution in [1.82, 2.24) is 19.4 Å². The van der Waals surface area contributed by atoms with E-state index in [1.807, 2.05) is 62.1 Å². The Morgan fingerprint density at radius 3 is 2.12 bits per heavy atom. The third-order valence-electron chi connectivity index (χ3n) is 13.8. The highest BCUT2D eigenvalue weighted by Crippen LogP contribution is 2.42. The molecule has 2 fully saturated rings. The van der Waals surface area contributed by atoms with Crippen molar-refractivity contribution in [2.24, 2.45) is 0 Å². The number of rotatable bonds is 12. The van der Waals surface area contributed by atoms with Crippen LogP contribution in [0.2, 0.25) is 16.6 Å². The number of ether oxygens (including phenoxy) is 3. The number of fused-ring (bicyclic) bond motifs is 4. The molecule has 7 rings (SSSR count). The zero-order valence-corrected chi connectivity index (χ0v) is 43.8. The number of anilines is 1. The first-order chi connectivity index (χ1) is 31.9. The second-order valence-electron chi connectivity index (χ2n) is 21.5. The molecule has 0 saturated carbocycles. The van der Waals surface area contributed by atoms with Crippen LogP contribution in [0.15, 0.2) is 59.9 Å². The van der Waals surface area contributed by atoms with Gasteiger partial charge in [-0.3, -0.25) is 4.90 Å². The summed E-state index contributed by atoms with van der Waals surface area (Å²) >= 11 is 0. The van der Waals surface area contributed by atoms with Gasteiger partial charge in [0.05, 0.1) is 35.2 Å². The molecular formula is C53H67FN6O6SSi. The maximum atomic E-state index is 16.4. The number of nitrogens with zero attached hydrogens (tertiary/aromatic N) is 6. The summed E-state index contributed by atoms with van der Waals surface area (Å²) in [6.45, 7) is 25.7. The summed E-state index contributed by atoms with van der Waals surface area (Å²) in [5.41, 5.74) is 6.84. The fourth-order valence-corrected chi connectivity index (χ4v) is 17.2. The van der Waals surface area contributed by atoms with Crippen LogP contribution in [-0.2, 0) is 37.0 Å². The average Bonchev–Trinajstić information content (AvgIpc) is 3.78. The highest BCUT2D eigenvalue weighted by Gasteiger charge is 2.46. The van der Waals surface area contributed by atoms with Crippen molar-refractivity contribution in [3.63, 3.8) is 0 Å². The van der Waals surface area contributed by atoms with E-state index in [0.29, 0.717) is 70.2 Å². The normalized spacial score (nSPS) is 16.8. The van der Waals surface area contributed by atoms with Gasteiger partial charge in [-0.1, -0.05) is 98.6 Å². The standard InChI is InChI=1S/C53H67FN6O6SSi/c1-33(2)68(34(3)4,35(5)6)23-22-43-45(54)21-16-37-24-42(65-32-64-13)25-38(46(37)43)27-59-31-56-47-48(59)44(26-55)49(58-28-40-19-20-41(29-58)60(40)51(61)66-53(10,11)12)57-50(47)67(62,63)30-36-14-17-39(18-15-36)52(7,8)9/h14-18,21,24-25,31,33-35,40-41H,19-20,27-30,32H2,1-13H3/t40-,41+. The van der Waals surface area contributed by atoms with Gasteiger partial charge in [-0.2, -0.15) is 5.26 Å². The van der Waals surface area contributed by atoms with Gasteiger partial charge in [0.25, 0.3) is 0 Å². The van der Waals surface area contributed by atoms with Crippen LogP contribution in [0.5, 0.6) is 5.75 Å². The first kappa shape index (κ1) is 50.4. The average molecular weight is 963 g/mol. The van der Waals surface area contributed by atoms with Crippen molar-refractivity contribution >= 4 is 51.6 Å². The molecule has 2 aliphatic rings. The fraction of sp³-hybridized carbons (Fsp3) is 0.509. The monoisotopic (exact) mass is 962 g/mol. The minimum atomic E-state index is -4.20. The number of piperazine rings is 1. The van der Waals surface area contributed by atoms with Crippen molar-refractivity contribution in [3.05, 3.63) is 88.5 Å². The van der Waals surface area contributed by atoms with Crippen LogP contribution >= 0.6 is 0 Å². The first-order valence-electron chi connectivity index (χ1n) is 23.7. The summed E-state index contributed by atoms with van der Waals surface area (Å²) in [6.07, 6.45) is 2.54. The number of hydrogen-bond donors (Lipinski definition) is 0. The number of amides is 1. The predicted molar refractivity (Wildman–Crippen MR) is 269 cm³/mol. The summed E-state index contributed by atoms with van der Waals surface area (Å²) in [6, 6.07) is 16.2. The molecular weight excluding hydrogens is 896 g/mol. The van der Waals surface area contributed by atoms with Gasteiger partial charge in [-0.05, 0) is 95.9 Å². The highest BCUT2D eigenvalue weighted by atomic mass is 32.2. The maximum absolute atomic E-state index is 16.4. The van der Waals surface area contributed by atoms with Crippen LogP contribution in [0.1, 0.15) is 124 Å². The van der Waals surface area contributed by atoms with Gasteiger partial charge in [0, 0.05) is 32.1 Å². The minimum Gasteiger partial charge on any atom is -0.468 e. The lowest BCUT2D eigenvalue weighted by atomic mass is 9.87. The Hall–Kier alpha value is -5.48. The molecule has 68 heavy (non-hydrogen) atoms. The predicted octanol–water partition coefficient (Wildman–Crippen LogP) is 11.1. The van der Waals surface area contributed by atoms with E-state index in [2.05, 4.69) is 79.8 Å². The largest absolute Gasteiger partial charge is 0.468 e. The molecule has 15 heteroatoms. The number of hydrogen-bond acceptors (Lipinski definition) is 10. The summed E-state index contributed by atoms with van der Waals surface area (Å²) in [4.78, 5) is 26.8. The fourth-order valence-electron chi connectivity index (χ4n) is 10.6. The maximum Gasteiger partial charge on any atom is 0.410 e. The molecule has 0 radical (unpaired) electrons. The number of benzene rings is 3. The second-order valence-corrected chi connectivity index (χ2v) is 29.0. The lowest BCUT2D eigenvalue weighted by Crippen LogP contribution is -2.57. The number of aromatic nitrogens is 3. The Morgan fingerprint density at radius 2 is 1.56 bits per heavy atom. The highest BCUT2D eigenvalue weighted by molar-refractivity contribution is 7.90. The molecule has 2 bridgehead atoms. The number of methoxy groups -OCH3 is 1. The molecule has 362 valence electrons. The summed E-state index contributed by atoms with van der Waals surface area (Å²) in [5.74, 6) is 3.26. The van der Waals surface area contributed by atoms with E-state index in [-0.39, 0.29) is 69.6 Å². The number of pyridine rings is 1. The number of carbonyl (C=O) groups is 1. The van der Waals surface area contributed by atoms with Gasteiger partial charge >= 0.3 is 6.09 Å². The van der Waals surface area contributed by atoms with E-state index < -0.39 is 35.4 Å². The molecule has 12 nitrogen and oxygen atoms in total. The summed E-state index contributed by atoms with van der Waals surface area (Å²) in [7, 11) is -4.98. The second kappa shape index (κ2) is 19.1. The smallest absolute Gasteiger partial charge is 0.410 e. The first-order valence-corrected chi connectivity index (χ1v) is 27.6. The van der Waals surface area contributed by atoms with Gasteiger partial charge in [-0.25, -0.2) is 27.6 Å². The molecule has 3 aromatic carbocycles. The Bertz CT molecular complexity index is 2900. The minimum absolute atomic E-state index is 0.0327. The quantitative estimate of drug-likeness (QED) is 0.0674. The van der Waals surface area contributed by atoms with Crippen LogP contribution in [0.3, 0.4) is 0 Å². The third-order valence-corrected chi connectivity index (χ3v) is 21.6. The molecule has 2 saturated heterocycles. The Labute approximate surface area is 403 Å². The van der Waals surface area contributed by atoms with Crippen LogP contribution in [0.25, 0.3) is 21.8 Å². The Kier molecular flexibility index (Phi) is 14.2. The number of halogens is 1. The SMILES string of the molecule is COCOc1cc(Cn2cnc3c(S(=O)(=O)Cc4ccc(C(C)(C)C)cc4)nc(N4C[C@H]5CC[C@@H](C4)N5C(=O)OC(C)(C)C)c(C#N)c32)c2c(C#C[Si](C(C)C)(C(C)C)C(C)C)c(F)ccc2c1. The van der Waals surface area contributed by atoms with Crippen molar-refractivity contribution in [1.29, 1.82) is 5.26 Å². The number of carbonyl (C=O) groups excluding carboxylic acids is 1. The van der Waals surface area contributed by atoms with Gasteiger partial charge in [0.2, 0.25) is 9.84 Å². The van der Waals surface area contributed by atoms with Gasteiger partial charge < -0.3 is 23.7 Å². The van der Waals surface area contributed by atoms with Crippen molar-refractivity contribution in [3.8, 4) is 23.3 Å². The lowest BCUT2D eigenvalue weighted by Gasteiger charge is -2.42. The molecule has 2 atom stereocenters. The van der Waals surface area contributed by atoms with Crippen molar-refractivity contribution in [2.45, 2.75) is 153 Å². The molecule has 5 aromatic rings. The molecule has 0 N–H and O–H groups in total. The third kappa shape index (κ3) is 9.85.